The molecule has 0 radical (unpaired) electrons. The van der Waals surface area contributed by atoms with Crippen molar-refractivity contribution in [3.05, 3.63) is 218 Å². The molecule has 3 aromatic heterocycles. The molecule has 0 amide bonds. The maximum Gasteiger partial charge on any atom is 0.187 e. The highest BCUT2D eigenvalue weighted by Gasteiger charge is 2.22. The van der Waals surface area contributed by atoms with Crippen molar-refractivity contribution < 1.29 is 0 Å². The summed E-state index contributed by atoms with van der Waals surface area (Å²) < 4.78 is 2.30. The molecule has 0 spiro atoms. The Bertz CT molecular complexity index is 3380. The van der Waals surface area contributed by atoms with Gasteiger partial charge >= 0.3 is 0 Å². The molecular formula is C55H34N8. The minimum absolute atomic E-state index is 0.497. The lowest BCUT2D eigenvalue weighted by Gasteiger charge is -2.16. The molecule has 11 aromatic rings. The number of nitrogens with zero attached hydrogens (tertiary/aromatic N) is 8. The Morgan fingerprint density at radius 3 is 1.24 bits per heavy atom. The second-order valence-corrected chi connectivity index (χ2v) is 15.1. The highest BCUT2D eigenvalue weighted by molar-refractivity contribution is 6.10. The van der Waals surface area contributed by atoms with Crippen molar-refractivity contribution in [2.75, 3.05) is 0 Å². The van der Waals surface area contributed by atoms with E-state index in [-0.39, 0.29) is 0 Å². The smallest absolute Gasteiger partial charge is 0.187 e. The summed E-state index contributed by atoms with van der Waals surface area (Å²) in [5.41, 5.74) is 10.6. The van der Waals surface area contributed by atoms with Gasteiger partial charge in [-0.05, 0) is 41.5 Å². The van der Waals surface area contributed by atoms with Gasteiger partial charge in [-0.3, -0.25) is 0 Å². The van der Waals surface area contributed by atoms with Crippen LogP contribution in [0.25, 0.3) is 112 Å². The van der Waals surface area contributed by atoms with Crippen molar-refractivity contribution in [2.24, 2.45) is 0 Å². The second kappa shape index (κ2) is 15.9. The van der Waals surface area contributed by atoms with Gasteiger partial charge in [0.1, 0.15) is 0 Å². The van der Waals surface area contributed by atoms with Crippen LogP contribution in [-0.4, -0.2) is 34.5 Å². The lowest BCUT2D eigenvalue weighted by atomic mass is 10.0. The predicted octanol–water partition coefficient (Wildman–Crippen LogP) is 13.4. The molecule has 11 rings (SSSR count). The van der Waals surface area contributed by atoms with Crippen LogP contribution in [0.5, 0.6) is 0 Å². The van der Waals surface area contributed by atoms with Crippen LogP contribution in [0.2, 0.25) is 0 Å². The Morgan fingerprint density at radius 1 is 0.317 bits per heavy atom. The molecule has 8 aromatic carbocycles. The third-order valence-electron chi connectivity index (χ3n) is 11.1. The van der Waals surface area contributed by atoms with Gasteiger partial charge in [0.05, 0.1) is 23.3 Å². The molecular weight excluding hydrogens is 773 g/mol. The first-order valence-electron chi connectivity index (χ1n) is 20.6. The molecule has 294 valence electrons. The Morgan fingerprint density at radius 2 is 0.730 bits per heavy atom. The Labute approximate surface area is 363 Å². The van der Waals surface area contributed by atoms with Gasteiger partial charge in [0.15, 0.2) is 40.6 Å². The Balaban J connectivity index is 1.20. The molecule has 0 atom stereocenters. The minimum atomic E-state index is 0.497. The Hall–Kier alpha value is -8.93. The summed E-state index contributed by atoms with van der Waals surface area (Å²) in [5.74, 6) is 3.27. The van der Waals surface area contributed by atoms with E-state index in [0.717, 1.165) is 72.0 Å². The first-order chi connectivity index (χ1) is 31.2. The van der Waals surface area contributed by atoms with Gasteiger partial charge in [0.2, 0.25) is 0 Å². The van der Waals surface area contributed by atoms with Crippen molar-refractivity contribution in [3.8, 4) is 85.1 Å². The first-order valence-corrected chi connectivity index (χ1v) is 20.6. The van der Waals surface area contributed by atoms with E-state index >= 15 is 0 Å². The summed E-state index contributed by atoms with van der Waals surface area (Å²) >= 11 is 0. The summed E-state index contributed by atoms with van der Waals surface area (Å²) in [6.07, 6.45) is 0. The van der Waals surface area contributed by atoms with Crippen molar-refractivity contribution in [1.29, 1.82) is 0 Å². The number of aromatic nitrogens is 7. The molecule has 3 heterocycles. The van der Waals surface area contributed by atoms with E-state index in [1.807, 2.05) is 146 Å². The molecule has 0 saturated carbocycles. The molecule has 8 heteroatoms. The van der Waals surface area contributed by atoms with Gasteiger partial charge in [-0.2, -0.15) is 0 Å². The zero-order valence-corrected chi connectivity index (χ0v) is 33.7. The van der Waals surface area contributed by atoms with Crippen molar-refractivity contribution >= 4 is 27.5 Å². The van der Waals surface area contributed by atoms with E-state index < -0.39 is 0 Å². The summed E-state index contributed by atoms with van der Waals surface area (Å²) in [4.78, 5) is 34.4. The van der Waals surface area contributed by atoms with Crippen LogP contribution < -0.4 is 0 Å². The summed E-state index contributed by atoms with van der Waals surface area (Å²) in [6, 6.07) is 69.1. The van der Waals surface area contributed by atoms with Gasteiger partial charge in [-0.25, -0.2) is 34.7 Å². The molecule has 63 heavy (non-hydrogen) atoms. The average molecular weight is 807 g/mol. The Kier molecular flexibility index (Phi) is 9.37. The van der Waals surface area contributed by atoms with Crippen molar-refractivity contribution in [1.82, 2.24) is 34.5 Å². The van der Waals surface area contributed by atoms with Crippen LogP contribution in [0.15, 0.2) is 206 Å². The van der Waals surface area contributed by atoms with E-state index in [1.165, 1.54) is 0 Å². The molecule has 0 aliphatic rings. The fourth-order valence-electron chi connectivity index (χ4n) is 8.05. The van der Waals surface area contributed by atoms with Crippen LogP contribution in [0.4, 0.5) is 5.69 Å². The average Bonchev–Trinajstić information content (AvgIpc) is 3.70. The number of fused-ring (bicyclic) bond motifs is 3. The van der Waals surface area contributed by atoms with E-state index in [0.29, 0.717) is 40.6 Å². The largest absolute Gasteiger partial charge is 0.308 e. The van der Waals surface area contributed by atoms with E-state index in [1.54, 1.807) is 0 Å². The van der Waals surface area contributed by atoms with Gasteiger partial charge < -0.3 is 4.57 Å². The molecule has 0 N–H and O–H groups in total. The first kappa shape index (κ1) is 37.1. The quantitative estimate of drug-likeness (QED) is 0.142. The third kappa shape index (κ3) is 7.05. The third-order valence-corrected chi connectivity index (χ3v) is 11.1. The fraction of sp³-hybridized carbons (Fsp3) is 0. The number of hydrogen-bond acceptors (Lipinski definition) is 6. The van der Waals surface area contributed by atoms with Gasteiger partial charge in [0.25, 0.3) is 0 Å². The molecule has 0 saturated heterocycles. The zero-order chi connectivity index (χ0) is 42.1. The summed E-state index contributed by atoms with van der Waals surface area (Å²) in [5, 5.41) is 2.21. The lowest BCUT2D eigenvalue weighted by molar-refractivity contribution is 1.06. The van der Waals surface area contributed by atoms with Crippen LogP contribution in [-0.2, 0) is 0 Å². The number of hydrogen-bond donors (Lipinski definition) is 0. The number of rotatable bonds is 8. The second-order valence-electron chi connectivity index (χ2n) is 15.1. The van der Waals surface area contributed by atoms with Gasteiger partial charge in [-0.15, -0.1) is 0 Å². The molecule has 0 unspecified atom stereocenters. The zero-order valence-electron chi connectivity index (χ0n) is 33.7. The van der Waals surface area contributed by atoms with Crippen LogP contribution in [0.1, 0.15) is 0 Å². The summed E-state index contributed by atoms with van der Waals surface area (Å²) in [6.45, 7) is 7.49. The van der Waals surface area contributed by atoms with Crippen LogP contribution >= 0.6 is 0 Å². The van der Waals surface area contributed by atoms with E-state index in [2.05, 4.69) is 70.1 Å². The molecule has 0 aliphatic heterocycles. The molecule has 0 fully saturated rings. The van der Waals surface area contributed by atoms with Crippen molar-refractivity contribution in [2.45, 2.75) is 0 Å². The van der Waals surface area contributed by atoms with E-state index in [9.17, 15) is 0 Å². The predicted molar refractivity (Wildman–Crippen MR) is 252 cm³/mol. The topological polar surface area (TPSA) is 86.6 Å². The maximum absolute atomic E-state index is 7.49. The standard InChI is InChI=1S/C55H34N8/c1-56-43-30-26-36(27-31-43)41-28-32-45-44-24-14-15-25-47(44)63(49(45)35-41)48-33-29-42(54-59-50(37-16-6-2-7-17-37)57-51(60-54)38-18-8-3-9-19-38)34-46(48)55-61-52(39-20-10-4-11-21-39)58-53(62-55)40-22-12-5-13-23-40/h2-35H. The molecule has 0 bridgehead atoms. The van der Waals surface area contributed by atoms with E-state index in [4.69, 9.17) is 36.5 Å². The lowest BCUT2D eigenvalue weighted by Crippen LogP contribution is -2.05. The summed E-state index contributed by atoms with van der Waals surface area (Å²) in [7, 11) is 0. The minimum Gasteiger partial charge on any atom is -0.308 e. The number of benzene rings is 8. The SMILES string of the molecule is [C-]#[N+]c1ccc(-c2ccc3c4ccccc4n(-c4ccc(-c5nc(-c6ccccc6)nc(-c6ccccc6)n5)cc4-c4nc(-c5ccccc5)nc(-c5ccccc5)n4)c3c2)cc1. The fourth-order valence-corrected chi connectivity index (χ4v) is 8.05. The monoisotopic (exact) mass is 806 g/mol. The maximum atomic E-state index is 7.49. The van der Waals surface area contributed by atoms with Crippen molar-refractivity contribution in [3.63, 3.8) is 0 Å². The van der Waals surface area contributed by atoms with Gasteiger partial charge in [0, 0.05) is 44.2 Å². The highest BCUT2D eigenvalue weighted by atomic mass is 15.1. The number of para-hydroxylation sites is 1. The molecule has 8 nitrogen and oxygen atoms in total. The normalized spacial score (nSPS) is 11.2. The van der Waals surface area contributed by atoms with Crippen LogP contribution in [0.3, 0.4) is 0 Å². The molecule has 0 aliphatic carbocycles. The van der Waals surface area contributed by atoms with Crippen LogP contribution in [0, 0.1) is 6.57 Å². The highest BCUT2D eigenvalue weighted by Crippen LogP contribution is 2.40. The van der Waals surface area contributed by atoms with Gasteiger partial charge in [-0.1, -0.05) is 176 Å².